The van der Waals surface area contributed by atoms with E-state index in [2.05, 4.69) is 33.7 Å². The predicted octanol–water partition coefficient (Wildman–Crippen LogP) is 7.25. The first-order valence-corrected chi connectivity index (χ1v) is 11.5. The predicted molar refractivity (Wildman–Crippen MR) is 138 cm³/mol. The van der Waals surface area contributed by atoms with Gasteiger partial charge >= 0.3 is 0 Å². The monoisotopic (exact) mass is 548 g/mol. The summed E-state index contributed by atoms with van der Waals surface area (Å²) in [4.78, 5) is 4.56. The van der Waals surface area contributed by atoms with Gasteiger partial charge in [-0.05, 0) is 52.8 Å². The molecule has 5 nitrogen and oxygen atoms in total. The highest BCUT2D eigenvalue weighted by molar-refractivity contribution is 14.1. The first kappa shape index (κ1) is 22.6. The fourth-order valence-corrected chi connectivity index (χ4v) is 4.39. The first-order chi connectivity index (χ1) is 16.2. The Hall–Kier alpha value is -3.57. The smallest absolute Gasteiger partial charge is 0.238 e. The second-order valence-electron chi connectivity index (χ2n) is 7.06. The maximum atomic E-state index is 10.0. The van der Waals surface area contributed by atoms with Gasteiger partial charge in [0.05, 0.1) is 17.3 Å². The molecule has 6 heteroatoms. The van der Waals surface area contributed by atoms with E-state index in [-0.39, 0.29) is 5.88 Å². The van der Waals surface area contributed by atoms with Crippen molar-refractivity contribution in [3.63, 3.8) is 0 Å². The van der Waals surface area contributed by atoms with Crippen molar-refractivity contribution < 1.29 is 13.9 Å². The van der Waals surface area contributed by atoms with E-state index < -0.39 is 0 Å². The third-order valence-electron chi connectivity index (χ3n) is 4.97. The van der Waals surface area contributed by atoms with Gasteiger partial charge in [0.15, 0.2) is 11.5 Å². The minimum Gasteiger partial charge on any atom is -0.492 e. The maximum absolute atomic E-state index is 10.0. The van der Waals surface area contributed by atoms with E-state index in [0.29, 0.717) is 29.4 Å². The molecule has 0 N–H and O–H groups in total. The number of aliphatic imine (C=N–C) groups is 1. The van der Waals surface area contributed by atoms with Gasteiger partial charge in [0.25, 0.3) is 0 Å². The van der Waals surface area contributed by atoms with Crippen LogP contribution in [0.15, 0.2) is 82.2 Å². The molecule has 0 bridgehead atoms. The van der Waals surface area contributed by atoms with E-state index in [1.54, 1.807) is 13.3 Å². The molecule has 0 aliphatic rings. The van der Waals surface area contributed by atoms with E-state index in [1.807, 2.05) is 79.7 Å². The van der Waals surface area contributed by atoms with Crippen LogP contribution in [-0.4, -0.2) is 19.9 Å². The molecule has 0 fully saturated rings. The molecule has 1 aromatic heterocycles. The summed E-state index contributed by atoms with van der Waals surface area (Å²) in [5, 5.41) is 10.0. The number of hydrogen-bond donors (Lipinski definition) is 0. The molecule has 0 aliphatic carbocycles. The highest BCUT2D eigenvalue weighted by atomic mass is 127. The van der Waals surface area contributed by atoms with E-state index in [1.165, 1.54) is 0 Å². The molecule has 0 saturated carbocycles. The molecule has 0 atom stereocenters. The number of benzene rings is 3. The Morgan fingerprint density at radius 3 is 2.30 bits per heavy atom. The summed E-state index contributed by atoms with van der Waals surface area (Å²) in [5.74, 6) is 2.20. The molecule has 0 saturated heterocycles. The van der Waals surface area contributed by atoms with Crippen molar-refractivity contribution in [1.29, 1.82) is 5.26 Å². The molecule has 164 valence electrons. The van der Waals surface area contributed by atoms with Gasteiger partial charge in [-0.1, -0.05) is 60.7 Å². The lowest BCUT2D eigenvalue weighted by Gasteiger charge is -2.11. The standard InChI is InChI=1S/C27H21IN2O3/c1-3-32-23-15-18(14-22(28)26(23)31-2)17-30-27-21(16-29)24(19-10-6-4-7-11-19)25(33-27)20-12-8-5-9-13-20/h4-15,17H,3H2,1-2H3. The van der Waals surface area contributed by atoms with Gasteiger partial charge in [-0.3, -0.25) is 0 Å². The van der Waals surface area contributed by atoms with Crippen LogP contribution < -0.4 is 9.47 Å². The Kier molecular flexibility index (Phi) is 7.10. The zero-order valence-corrected chi connectivity index (χ0v) is 20.4. The molecule has 0 aliphatic heterocycles. The number of hydrogen-bond acceptors (Lipinski definition) is 5. The number of rotatable bonds is 7. The Labute approximate surface area is 206 Å². The summed E-state index contributed by atoms with van der Waals surface area (Å²) in [6.45, 7) is 2.44. The third kappa shape index (κ3) is 4.78. The van der Waals surface area contributed by atoms with Crippen LogP contribution >= 0.6 is 22.6 Å². The molecule has 0 radical (unpaired) electrons. The zero-order chi connectivity index (χ0) is 23.2. The van der Waals surface area contributed by atoms with E-state index in [9.17, 15) is 5.26 Å². The Bertz CT molecular complexity index is 1320. The Balaban J connectivity index is 1.83. The quantitative estimate of drug-likeness (QED) is 0.180. The van der Waals surface area contributed by atoms with Crippen molar-refractivity contribution in [2.45, 2.75) is 6.92 Å². The van der Waals surface area contributed by atoms with Crippen LogP contribution in [0.4, 0.5) is 5.88 Å². The molecular formula is C27H21IN2O3. The van der Waals surface area contributed by atoms with Crippen LogP contribution in [0.5, 0.6) is 11.5 Å². The first-order valence-electron chi connectivity index (χ1n) is 10.4. The largest absolute Gasteiger partial charge is 0.492 e. The van der Waals surface area contributed by atoms with Gasteiger partial charge in [-0.25, -0.2) is 4.99 Å². The van der Waals surface area contributed by atoms with Crippen LogP contribution in [0.3, 0.4) is 0 Å². The summed E-state index contributed by atoms with van der Waals surface area (Å²) in [7, 11) is 1.62. The van der Waals surface area contributed by atoms with Gasteiger partial charge in [-0.15, -0.1) is 0 Å². The normalized spacial score (nSPS) is 10.8. The van der Waals surface area contributed by atoms with Gasteiger partial charge < -0.3 is 13.9 Å². The van der Waals surface area contributed by atoms with E-state index in [4.69, 9.17) is 13.9 Å². The molecule has 3 aromatic carbocycles. The molecule has 1 heterocycles. The number of nitriles is 1. The highest BCUT2D eigenvalue weighted by Gasteiger charge is 2.22. The van der Waals surface area contributed by atoms with Crippen molar-refractivity contribution >= 4 is 34.7 Å². The van der Waals surface area contributed by atoms with Crippen LogP contribution in [0.2, 0.25) is 0 Å². The van der Waals surface area contributed by atoms with Gasteiger partial charge in [0.2, 0.25) is 5.88 Å². The van der Waals surface area contributed by atoms with Crippen molar-refractivity contribution in [2.75, 3.05) is 13.7 Å². The van der Waals surface area contributed by atoms with Crippen molar-refractivity contribution in [2.24, 2.45) is 4.99 Å². The molecule has 4 rings (SSSR count). The van der Waals surface area contributed by atoms with Crippen LogP contribution in [0.1, 0.15) is 18.1 Å². The Morgan fingerprint density at radius 1 is 1.03 bits per heavy atom. The fourth-order valence-electron chi connectivity index (χ4n) is 3.54. The summed E-state index contributed by atoms with van der Waals surface area (Å²) < 4.78 is 18.3. The molecular weight excluding hydrogens is 527 g/mol. The number of ether oxygens (including phenoxy) is 2. The zero-order valence-electron chi connectivity index (χ0n) is 18.2. The SMILES string of the molecule is CCOc1cc(C=Nc2oc(-c3ccccc3)c(-c3ccccc3)c2C#N)cc(I)c1OC. The minimum absolute atomic E-state index is 0.263. The van der Waals surface area contributed by atoms with Crippen LogP contribution in [0.25, 0.3) is 22.5 Å². The average molecular weight is 548 g/mol. The molecule has 0 unspecified atom stereocenters. The second-order valence-corrected chi connectivity index (χ2v) is 8.22. The summed E-state index contributed by atoms with van der Waals surface area (Å²) in [6, 6.07) is 25.6. The lowest BCUT2D eigenvalue weighted by atomic mass is 9.98. The topological polar surface area (TPSA) is 67.8 Å². The molecule has 0 spiro atoms. The van der Waals surface area contributed by atoms with Crippen LogP contribution in [0, 0.1) is 14.9 Å². The number of furan rings is 1. The molecule has 0 amide bonds. The number of methoxy groups -OCH3 is 1. The highest BCUT2D eigenvalue weighted by Crippen LogP contribution is 2.42. The lowest BCUT2D eigenvalue weighted by Crippen LogP contribution is -1.98. The fraction of sp³-hybridized carbons (Fsp3) is 0.111. The minimum atomic E-state index is 0.263. The average Bonchev–Trinajstić information content (AvgIpc) is 3.22. The summed E-state index contributed by atoms with van der Waals surface area (Å²) in [5.41, 5.74) is 3.72. The lowest BCUT2D eigenvalue weighted by molar-refractivity contribution is 0.309. The van der Waals surface area contributed by atoms with Crippen molar-refractivity contribution in [3.05, 3.63) is 87.5 Å². The number of halogens is 1. The van der Waals surface area contributed by atoms with Gasteiger partial charge in [0.1, 0.15) is 17.4 Å². The third-order valence-corrected chi connectivity index (χ3v) is 5.77. The maximum Gasteiger partial charge on any atom is 0.238 e. The Morgan fingerprint density at radius 2 is 1.70 bits per heavy atom. The van der Waals surface area contributed by atoms with E-state index in [0.717, 1.165) is 25.8 Å². The number of nitrogens with zero attached hydrogens (tertiary/aromatic N) is 2. The molecule has 33 heavy (non-hydrogen) atoms. The molecule has 4 aromatic rings. The van der Waals surface area contributed by atoms with Gasteiger partial charge in [0, 0.05) is 17.3 Å². The summed E-state index contributed by atoms with van der Waals surface area (Å²) in [6.07, 6.45) is 1.67. The van der Waals surface area contributed by atoms with Gasteiger partial charge in [-0.2, -0.15) is 5.26 Å². The van der Waals surface area contributed by atoms with E-state index >= 15 is 0 Å². The van der Waals surface area contributed by atoms with Crippen molar-refractivity contribution in [1.82, 2.24) is 0 Å². The summed E-state index contributed by atoms with van der Waals surface area (Å²) >= 11 is 2.20. The second kappa shape index (κ2) is 10.4. The van der Waals surface area contributed by atoms with Crippen LogP contribution in [-0.2, 0) is 0 Å². The van der Waals surface area contributed by atoms with Crippen molar-refractivity contribution in [3.8, 4) is 40.0 Å².